The van der Waals surface area contributed by atoms with E-state index in [1.54, 1.807) is 4.90 Å². The highest BCUT2D eigenvalue weighted by Crippen LogP contribution is 2.40. The molecule has 0 bridgehead atoms. The Morgan fingerprint density at radius 2 is 1.95 bits per heavy atom. The van der Waals surface area contributed by atoms with Gasteiger partial charge in [-0.25, -0.2) is 0 Å². The van der Waals surface area contributed by atoms with Gasteiger partial charge in [0.15, 0.2) is 0 Å². The standard InChI is InChI=1S/C16H22N2O4/c1-11(20)18-13(8-17-15(21)10-22-2)16(14(18)9-19)12-6-4-3-5-7-12/h3-7,13-14,16,19H,8-10H2,1-2H3,(H,17,21)/t13-,14+,16+/m0/s1. The van der Waals surface area contributed by atoms with Crippen LogP contribution in [-0.2, 0) is 14.3 Å². The van der Waals surface area contributed by atoms with Crippen LogP contribution >= 0.6 is 0 Å². The molecular formula is C16H22N2O4. The third-order valence-electron chi connectivity index (χ3n) is 4.06. The molecule has 6 heteroatoms. The smallest absolute Gasteiger partial charge is 0.246 e. The SMILES string of the molecule is COCC(=O)NC[C@H]1[C@@H](c2ccccc2)[C@@H](CO)N1C(C)=O. The largest absolute Gasteiger partial charge is 0.394 e. The second-order valence-corrected chi connectivity index (χ2v) is 5.42. The molecule has 3 atom stereocenters. The van der Waals surface area contributed by atoms with Crippen molar-refractivity contribution in [1.82, 2.24) is 10.2 Å². The lowest BCUT2D eigenvalue weighted by Gasteiger charge is -2.54. The molecule has 0 radical (unpaired) electrons. The van der Waals surface area contributed by atoms with Crippen LogP contribution in [0.1, 0.15) is 18.4 Å². The van der Waals surface area contributed by atoms with Gasteiger partial charge < -0.3 is 20.1 Å². The number of hydrogen-bond acceptors (Lipinski definition) is 4. The van der Waals surface area contributed by atoms with Crippen molar-refractivity contribution in [2.45, 2.75) is 24.9 Å². The van der Waals surface area contributed by atoms with Crippen LogP contribution in [-0.4, -0.2) is 60.8 Å². The first-order valence-corrected chi connectivity index (χ1v) is 7.30. The summed E-state index contributed by atoms with van der Waals surface area (Å²) in [6, 6.07) is 9.35. The van der Waals surface area contributed by atoms with Crippen molar-refractivity contribution in [3.63, 3.8) is 0 Å². The molecule has 1 heterocycles. The number of carbonyl (C=O) groups is 2. The van der Waals surface area contributed by atoms with E-state index in [2.05, 4.69) is 5.32 Å². The second-order valence-electron chi connectivity index (χ2n) is 5.42. The van der Waals surface area contributed by atoms with Crippen molar-refractivity contribution in [3.8, 4) is 0 Å². The number of likely N-dealkylation sites (tertiary alicyclic amines) is 1. The lowest BCUT2D eigenvalue weighted by atomic mass is 9.75. The molecular weight excluding hydrogens is 284 g/mol. The zero-order valence-electron chi connectivity index (χ0n) is 12.9. The Bertz CT molecular complexity index is 520. The number of ether oxygens (including phenoxy) is 1. The van der Waals surface area contributed by atoms with E-state index in [4.69, 9.17) is 4.74 Å². The number of carbonyl (C=O) groups excluding carboxylic acids is 2. The first-order chi connectivity index (χ1) is 10.6. The highest BCUT2D eigenvalue weighted by atomic mass is 16.5. The molecule has 1 aromatic carbocycles. The maximum atomic E-state index is 11.8. The van der Waals surface area contributed by atoms with Gasteiger partial charge in [-0.15, -0.1) is 0 Å². The Balaban J connectivity index is 2.14. The van der Waals surface area contributed by atoms with E-state index in [0.717, 1.165) is 5.56 Å². The summed E-state index contributed by atoms with van der Waals surface area (Å²) in [4.78, 5) is 25.0. The fourth-order valence-corrected chi connectivity index (χ4v) is 3.16. The molecule has 2 rings (SSSR count). The van der Waals surface area contributed by atoms with Gasteiger partial charge in [-0.1, -0.05) is 30.3 Å². The van der Waals surface area contributed by atoms with E-state index in [1.165, 1.54) is 14.0 Å². The Morgan fingerprint density at radius 3 is 2.50 bits per heavy atom. The number of methoxy groups -OCH3 is 1. The molecule has 0 aliphatic carbocycles. The summed E-state index contributed by atoms with van der Waals surface area (Å²) in [6.07, 6.45) is 0. The average molecular weight is 306 g/mol. The first kappa shape index (κ1) is 16.5. The molecule has 1 aliphatic rings. The molecule has 1 fully saturated rings. The number of hydrogen-bond donors (Lipinski definition) is 2. The summed E-state index contributed by atoms with van der Waals surface area (Å²) < 4.78 is 4.78. The van der Waals surface area contributed by atoms with Crippen molar-refractivity contribution >= 4 is 11.8 Å². The van der Waals surface area contributed by atoms with E-state index in [1.807, 2.05) is 30.3 Å². The molecule has 120 valence electrons. The molecule has 0 aromatic heterocycles. The normalized spacial score (nSPS) is 23.8. The third kappa shape index (κ3) is 3.28. The predicted octanol–water partition coefficient (Wildman–Crippen LogP) is 0.124. The van der Waals surface area contributed by atoms with Gasteiger partial charge in [0.2, 0.25) is 11.8 Å². The quantitative estimate of drug-likeness (QED) is 0.783. The molecule has 2 amide bonds. The minimum atomic E-state index is -0.246. The van der Waals surface area contributed by atoms with E-state index in [0.29, 0.717) is 6.54 Å². The van der Waals surface area contributed by atoms with Crippen LogP contribution in [0.3, 0.4) is 0 Å². The Kier molecular flexibility index (Phi) is 5.51. The third-order valence-corrected chi connectivity index (χ3v) is 4.06. The number of amides is 2. The Morgan fingerprint density at radius 1 is 1.27 bits per heavy atom. The van der Waals surface area contributed by atoms with Crippen LogP contribution in [0.5, 0.6) is 0 Å². The maximum Gasteiger partial charge on any atom is 0.246 e. The Hall–Kier alpha value is -1.92. The highest BCUT2D eigenvalue weighted by Gasteiger charge is 2.49. The van der Waals surface area contributed by atoms with Crippen molar-refractivity contribution in [2.24, 2.45) is 0 Å². The summed E-state index contributed by atoms with van der Waals surface area (Å²) in [5.74, 6) is -0.305. The van der Waals surface area contributed by atoms with Gasteiger partial charge in [0.1, 0.15) is 6.61 Å². The van der Waals surface area contributed by atoms with Crippen LogP contribution in [0, 0.1) is 0 Å². The van der Waals surface area contributed by atoms with Gasteiger partial charge in [0.05, 0.1) is 18.7 Å². The number of nitrogens with zero attached hydrogens (tertiary/aromatic N) is 1. The number of rotatable bonds is 6. The van der Waals surface area contributed by atoms with Crippen LogP contribution in [0.2, 0.25) is 0 Å². The molecule has 1 aromatic rings. The van der Waals surface area contributed by atoms with E-state index >= 15 is 0 Å². The number of aliphatic hydroxyl groups is 1. The van der Waals surface area contributed by atoms with Crippen LogP contribution in [0.15, 0.2) is 30.3 Å². The van der Waals surface area contributed by atoms with Gasteiger partial charge in [-0.2, -0.15) is 0 Å². The lowest BCUT2D eigenvalue weighted by Crippen LogP contribution is -2.68. The van der Waals surface area contributed by atoms with E-state index in [9.17, 15) is 14.7 Å². The number of nitrogens with one attached hydrogen (secondary N) is 1. The molecule has 0 spiro atoms. The van der Waals surface area contributed by atoms with Crippen molar-refractivity contribution in [1.29, 1.82) is 0 Å². The summed E-state index contributed by atoms with van der Waals surface area (Å²) in [7, 11) is 1.46. The molecule has 1 aliphatic heterocycles. The van der Waals surface area contributed by atoms with Gasteiger partial charge in [-0.05, 0) is 5.56 Å². The maximum absolute atomic E-state index is 11.8. The molecule has 0 unspecified atom stereocenters. The molecule has 0 saturated carbocycles. The number of aliphatic hydroxyl groups excluding tert-OH is 1. The minimum absolute atomic E-state index is 0.00771. The summed E-state index contributed by atoms with van der Waals surface area (Å²) in [6.45, 7) is 1.72. The molecule has 1 saturated heterocycles. The van der Waals surface area contributed by atoms with E-state index in [-0.39, 0.29) is 43.0 Å². The molecule has 22 heavy (non-hydrogen) atoms. The van der Waals surface area contributed by atoms with Gasteiger partial charge in [0, 0.05) is 26.5 Å². The summed E-state index contributed by atoms with van der Waals surface area (Å²) in [5.41, 5.74) is 1.06. The number of benzene rings is 1. The second kappa shape index (κ2) is 7.38. The van der Waals surface area contributed by atoms with Crippen LogP contribution < -0.4 is 5.32 Å². The van der Waals surface area contributed by atoms with Crippen molar-refractivity contribution in [3.05, 3.63) is 35.9 Å². The minimum Gasteiger partial charge on any atom is -0.394 e. The monoisotopic (exact) mass is 306 g/mol. The van der Waals surface area contributed by atoms with Crippen molar-refractivity contribution in [2.75, 3.05) is 26.9 Å². The van der Waals surface area contributed by atoms with E-state index < -0.39 is 0 Å². The fraction of sp³-hybridized carbons (Fsp3) is 0.500. The molecule has 2 N–H and O–H groups in total. The predicted molar refractivity (Wildman–Crippen MR) is 81.3 cm³/mol. The van der Waals surface area contributed by atoms with Crippen molar-refractivity contribution < 1.29 is 19.4 Å². The van der Waals surface area contributed by atoms with Crippen LogP contribution in [0.25, 0.3) is 0 Å². The topological polar surface area (TPSA) is 78.9 Å². The fourth-order valence-electron chi connectivity index (χ4n) is 3.16. The zero-order valence-corrected chi connectivity index (χ0v) is 12.9. The van der Waals surface area contributed by atoms with Crippen LogP contribution in [0.4, 0.5) is 0 Å². The molecule has 6 nitrogen and oxygen atoms in total. The summed E-state index contributed by atoms with van der Waals surface area (Å²) >= 11 is 0. The Labute approximate surface area is 130 Å². The zero-order chi connectivity index (χ0) is 16.1. The van der Waals surface area contributed by atoms with Gasteiger partial charge in [-0.3, -0.25) is 9.59 Å². The summed E-state index contributed by atoms with van der Waals surface area (Å²) in [5, 5.41) is 12.4. The first-order valence-electron chi connectivity index (χ1n) is 7.30. The van der Waals surface area contributed by atoms with Gasteiger partial charge >= 0.3 is 0 Å². The van der Waals surface area contributed by atoms with Gasteiger partial charge in [0.25, 0.3) is 0 Å². The highest BCUT2D eigenvalue weighted by molar-refractivity contribution is 5.78. The average Bonchev–Trinajstić information content (AvgIpc) is 2.47. The lowest BCUT2D eigenvalue weighted by molar-refractivity contribution is -0.148.